The van der Waals surface area contributed by atoms with Gasteiger partial charge in [0, 0.05) is 12.1 Å². The Balaban J connectivity index is 1.80. The highest BCUT2D eigenvalue weighted by atomic mass is 19.4. The summed E-state index contributed by atoms with van der Waals surface area (Å²) in [5.41, 5.74) is 0.124. The molecule has 2 aromatic rings. The van der Waals surface area contributed by atoms with Crippen molar-refractivity contribution in [1.82, 2.24) is 4.98 Å². The third kappa shape index (κ3) is 6.21. The minimum atomic E-state index is -4.54. The van der Waals surface area contributed by atoms with Gasteiger partial charge in [0.25, 0.3) is 0 Å². The van der Waals surface area contributed by atoms with Crippen molar-refractivity contribution in [2.24, 2.45) is 17.8 Å². The number of hydrogen-bond acceptors (Lipinski definition) is 3. The number of hydrogen-bond donors (Lipinski definition) is 1. The smallest absolute Gasteiger partial charge is 0.419 e. The summed E-state index contributed by atoms with van der Waals surface area (Å²) in [6, 6.07) is 7.28. The molecule has 0 aliphatic heterocycles. The van der Waals surface area contributed by atoms with E-state index in [0.717, 1.165) is 31.7 Å². The molecule has 1 aliphatic carbocycles. The van der Waals surface area contributed by atoms with Crippen LogP contribution >= 0.6 is 0 Å². The Morgan fingerprint density at radius 1 is 1.16 bits per heavy atom. The van der Waals surface area contributed by atoms with E-state index in [0.29, 0.717) is 22.9 Å². The van der Waals surface area contributed by atoms with Gasteiger partial charge in [-0.3, -0.25) is 4.79 Å². The number of amides is 1. The third-order valence-electron chi connectivity index (χ3n) is 5.50. The Hall–Kier alpha value is -2.57. The Bertz CT molecular complexity index is 908. The van der Waals surface area contributed by atoms with E-state index in [1.807, 2.05) is 6.92 Å². The first-order valence-electron chi connectivity index (χ1n) is 10.7. The van der Waals surface area contributed by atoms with Crippen molar-refractivity contribution in [3.05, 3.63) is 42.1 Å². The molecule has 1 aromatic heterocycles. The lowest BCUT2D eigenvalue weighted by Crippen LogP contribution is -2.28. The van der Waals surface area contributed by atoms with Crippen LogP contribution in [0.5, 0.6) is 5.75 Å². The average molecular weight is 435 g/mol. The van der Waals surface area contributed by atoms with Crippen LogP contribution in [0.2, 0.25) is 0 Å². The van der Waals surface area contributed by atoms with Crippen LogP contribution in [0.4, 0.5) is 19.0 Å². The van der Waals surface area contributed by atoms with Gasteiger partial charge in [0.1, 0.15) is 11.6 Å². The predicted octanol–water partition coefficient (Wildman–Crippen LogP) is 6.57. The Labute approximate surface area is 181 Å². The van der Waals surface area contributed by atoms with Crippen molar-refractivity contribution < 1.29 is 22.7 Å². The molecule has 0 radical (unpaired) electrons. The number of nitrogens with zero attached hydrogens (tertiary/aromatic N) is 1. The molecule has 1 amide bonds. The van der Waals surface area contributed by atoms with Gasteiger partial charge in [-0.25, -0.2) is 4.98 Å². The summed E-state index contributed by atoms with van der Waals surface area (Å²) in [5, 5.41) is 2.76. The third-order valence-corrected chi connectivity index (χ3v) is 5.50. The quantitative estimate of drug-likeness (QED) is 0.511. The first kappa shape index (κ1) is 23.1. The van der Waals surface area contributed by atoms with Gasteiger partial charge in [-0.15, -0.1) is 0 Å². The molecule has 168 valence electrons. The first-order valence-corrected chi connectivity index (χ1v) is 10.7. The second-order valence-corrected chi connectivity index (χ2v) is 8.80. The van der Waals surface area contributed by atoms with Crippen LogP contribution in [0.15, 0.2) is 36.5 Å². The summed E-state index contributed by atoms with van der Waals surface area (Å²) in [5.74, 6) is 0.685. The number of carbonyl (C=O) groups is 1. The molecule has 3 rings (SSSR count). The minimum absolute atomic E-state index is 0.00296. The van der Waals surface area contributed by atoms with Crippen LogP contribution in [0.1, 0.15) is 52.0 Å². The molecule has 31 heavy (non-hydrogen) atoms. The number of carbonyl (C=O) groups excluding carboxylic acids is 1. The van der Waals surface area contributed by atoms with E-state index in [9.17, 15) is 18.0 Å². The van der Waals surface area contributed by atoms with Gasteiger partial charge in [0.2, 0.25) is 5.91 Å². The van der Waals surface area contributed by atoms with Gasteiger partial charge < -0.3 is 10.1 Å². The molecule has 0 spiro atoms. The Morgan fingerprint density at radius 3 is 2.48 bits per heavy atom. The summed E-state index contributed by atoms with van der Waals surface area (Å²) in [7, 11) is 0. The number of alkyl halides is 3. The standard InChI is InChI=1S/C24H29F3N2O2/c1-15(2)11-16(3)14-31-21-8-7-18(12-20(21)24(25,26)27)19-9-10-28-22(13-19)29-23(30)17-5-4-6-17/h7-10,12-13,15-17H,4-6,11,14H2,1-3H3,(H,28,29,30). The summed E-state index contributed by atoms with van der Waals surface area (Å²) in [6.07, 6.45) is 0.579. The maximum Gasteiger partial charge on any atom is 0.419 e. The molecule has 1 N–H and O–H groups in total. The normalized spacial score (nSPS) is 15.5. The van der Waals surface area contributed by atoms with Crippen LogP contribution in [0, 0.1) is 17.8 Å². The van der Waals surface area contributed by atoms with Gasteiger partial charge in [-0.2, -0.15) is 13.2 Å². The summed E-state index contributed by atoms with van der Waals surface area (Å²) < 4.78 is 46.7. The lowest BCUT2D eigenvalue weighted by Gasteiger charge is -2.23. The molecule has 4 nitrogen and oxygen atoms in total. The Morgan fingerprint density at radius 2 is 1.87 bits per heavy atom. The van der Waals surface area contributed by atoms with Crippen LogP contribution in [0.3, 0.4) is 0 Å². The van der Waals surface area contributed by atoms with E-state index in [1.165, 1.54) is 12.3 Å². The number of rotatable bonds is 8. The highest BCUT2D eigenvalue weighted by Crippen LogP contribution is 2.39. The zero-order chi connectivity index (χ0) is 22.6. The van der Waals surface area contributed by atoms with Gasteiger partial charge in [-0.05, 0) is 66.5 Å². The fraction of sp³-hybridized carbons (Fsp3) is 0.500. The van der Waals surface area contributed by atoms with E-state index in [4.69, 9.17) is 4.74 Å². The van der Waals surface area contributed by atoms with Crippen LogP contribution in [0.25, 0.3) is 11.1 Å². The highest BCUT2D eigenvalue weighted by Gasteiger charge is 2.35. The van der Waals surface area contributed by atoms with E-state index in [1.54, 1.807) is 18.2 Å². The van der Waals surface area contributed by atoms with E-state index >= 15 is 0 Å². The molecule has 0 bridgehead atoms. The number of anilines is 1. The minimum Gasteiger partial charge on any atom is -0.493 e. The molecule has 1 unspecified atom stereocenters. The van der Waals surface area contributed by atoms with Crippen molar-refractivity contribution in [2.45, 2.75) is 52.6 Å². The van der Waals surface area contributed by atoms with Crippen molar-refractivity contribution in [3.8, 4) is 16.9 Å². The lowest BCUT2D eigenvalue weighted by atomic mass is 9.85. The van der Waals surface area contributed by atoms with Gasteiger partial charge in [0.05, 0.1) is 12.2 Å². The van der Waals surface area contributed by atoms with Crippen LogP contribution in [-0.2, 0) is 11.0 Å². The summed E-state index contributed by atoms with van der Waals surface area (Å²) >= 11 is 0. The fourth-order valence-corrected chi connectivity index (χ4v) is 3.74. The number of aromatic nitrogens is 1. The topological polar surface area (TPSA) is 51.2 Å². The van der Waals surface area contributed by atoms with Crippen molar-refractivity contribution >= 4 is 11.7 Å². The zero-order valence-corrected chi connectivity index (χ0v) is 18.1. The molecule has 0 saturated heterocycles. The maximum absolute atomic E-state index is 13.7. The second kappa shape index (κ2) is 9.71. The van der Waals surface area contributed by atoms with Gasteiger partial charge >= 0.3 is 6.18 Å². The molecule has 1 fully saturated rings. The molecule has 1 atom stereocenters. The number of nitrogens with one attached hydrogen (secondary N) is 1. The zero-order valence-electron chi connectivity index (χ0n) is 18.1. The predicted molar refractivity (Wildman–Crippen MR) is 115 cm³/mol. The monoisotopic (exact) mass is 434 g/mol. The number of halogens is 3. The molecule has 1 heterocycles. The maximum atomic E-state index is 13.7. The van der Waals surface area contributed by atoms with Crippen molar-refractivity contribution in [2.75, 3.05) is 11.9 Å². The van der Waals surface area contributed by atoms with E-state index in [-0.39, 0.29) is 30.1 Å². The number of pyridine rings is 1. The van der Waals surface area contributed by atoms with Crippen molar-refractivity contribution in [1.29, 1.82) is 0 Å². The number of benzene rings is 1. The average Bonchev–Trinajstić information content (AvgIpc) is 2.63. The van der Waals surface area contributed by atoms with E-state index < -0.39 is 11.7 Å². The molecule has 1 aromatic carbocycles. The Kier molecular flexibility index (Phi) is 7.23. The highest BCUT2D eigenvalue weighted by molar-refractivity contribution is 5.92. The molecular formula is C24H29F3N2O2. The van der Waals surface area contributed by atoms with E-state index in [2.05, 4.69) is 24.1 Å². The molecule has 1 saturated carbocycles. The fourth-order valence-electron chi connectivity index (χ4n) is 3.74. The van der Waals surface area contributed by atoms with Gasteiger partial charge in [-0.1, -0.05) is 33.3 Å². The summed E-state index contributed by atoms with van der Waals surface area (Å²) in [6.45, 7) is 6.35. The first-order chi connectivity index (χ1) is 14.6. The molecule has 1 aliphatic rings. The molecule has 7 heteroatoms. The van der Waals surface area contributed by atoms with Crippen molar-refractivity contribution in [3.63, 3.8) is 0 Å². The second-order valence-electron chi connectivity index (χ2n) is 8.80. The van der Waals surface area contributed by atoms with Gasteiger partial charge in [0.15, 0.2) is 0 Å². The SMILES string of the molecule is CC(C)CC(C)COc1ccc(-c2ccnc(NC(=O)C3CCC3)c2)cc1C(F)(F)F. The molecular weight excluding hydrogens is 405 g/mol. The van der Waals surface area contributed by atoms with Crippen LogP contribution in [-0.4, -0.2) is 17.5 Å². The largest absolute Gasteiger partial charge is 0.493 e. The number of ether oxygens (including phenoxy) is 1. The van der Waals surface area contributed by atoms with Crippen LogP contribution < -0.4 is 10.1 Å². The summed E-state index contributed by atoms with van der Waals surface area (Å²) in [4.78, 5) is 16.3. The lowest BCUT2D eigenvalue weighted by molar-refractivity contribution is -0.139.